The highest BCUT2D eigenvalue weighted by molar-refractivity contribution is 5.76. The van der Waals surface area contributed by atoms with Gasteiger partial charge in [-0.25, -0.2) is 8.78 Å². The normalized spacial score (nSPS) is 16.6. The first-order valence-corrected chi connectivity index (χ1v) is 14.8. The Morgan fingerprint density at radius 1 is 1.00 bits per heavy atom. The smallest absolute Gasteiger partial charge is 0.305 e. The molecule has 1 saturated carbocycles. The van der Waals surface area contributed by atoms with Crippen LogP contribution in [0.3, 0.4) is 0 Å². The number of unbranched alkanes of at least 4 members (excludes halogenated alkanes) is 1. The van der Waals surface area contributed by atoms with Gasteiger partial charge in [0.05, 0.1) is 19.3 Å². The van der Waals surface area contributed by atoms with Gasteiger partial charge < -0.3 is 20.5 Å². The molecule has 6 nitrogen and oxygen atoms in total. The predicted octanol–water partition coefficient (Wildman–Crippen LogP) is 5.83. The fourth-order valence-electron chi connectivity index (χ4n) is 5.65. The summed E-state index contributed by atoms with van der Waals surface area (Å²) in [6, 6.07) is 11.1. The first-order valence-electron chi connectivity index (χ1n) is 14.8. The zero-order chi connectivity index (χ0) is 30.0. The number of halogens is 2. The summed E-state index contributed by atoms with van der Waals surface area (Å²) in [4.78, 5) is 24.2. The van der Waals surface area contributed by atoms with E-state index < -0.39 is 23.8 Å². The predicted molar refractivity (Wildman–Crippen MR) is 156 cm³/mol. The molecule has 0 saturated heterocycles. The van der Waals surface area contributed by atoms with Gasteiger partial charge in [0.1, 0.15) is 11.6 Å². The number of benzene rings is 2. The van der Waals surface area contributed by atoms with E-state index in [0.29, 0.717) is 18.4 Å². The van der Waals surface area contributed by atoms with Crippen molar-refractivity contribution in [2.24, 2.45) is 0 Å². The quantitative estimate of drug-likeness (QED) is 0.208. The van der Waals surface area contributed by atoms with Crippen LogP contribution in [0.25, 0.3) is 0 Å². The number of carbonyl (C=O) groups excluding carboxylic acids is 2. The molecule has 0 radical (unpaired) electrons. The number of carbonyl (C=O) groups is 2. The van der Waals surface area contributed by atoms with Gasteiger partial charge in [-0.2, -0.15) is 0 Å². The highest BCUT2D eigenvalue weighted by Gasteiger charge is 2.35. The maximum atomic E-state index is 13.9. The topological polar surface area (TPSA) is 87.7 Å². The van der Waals surface area contributed by atoms with Crippen LogP contribution in [0, 0.1) is 11.6 Å². The zero-order valence-corrected chi connectivity index (χ0v) is 24.9. The number of aliphatic hydroxyl groups excluding tert-OH is 1. The van der Waals surface area contributed by atoms with Gasteiger partial charge >= 0.3 is 5.97 Å². The van der Waals surface area contributed by atoms with E-state index >= 15 is 0 Å². The molecule has 0 spiro atoms. The lowest BCUT2D eigenvalue weighted by atomic mass is 9.74. The van der Waals surface area contributed by atoms with E-state index in [0.717, 1.165) is 38.2 Å². The number of esters is 1. The number of nitrogens with one attached hydrogen (secondary N) is 2. The van der Waals surface area contributed by atoms with E-state index in [1.807, 2.05) is 0 Å². The number of hydrogen-bond donors (Lipinski definition) is 3. The van der Waals surface area contributed by atoms with Crippen molar-refractivity contribution in [3.8, 4) is 0 Å². The van der Waals surface area contributed by atoms with E-state index in [1.165, 1.54) is 30.4 Å². The lowest BCUT2D eigenvalue weighted by Gasteiger charge is -2.41. The number of amides is 1. The Balaban J connectivity index is 1.76. The van der Waals surface area contributed by atoms with Crippen molar-refractivity contribution < 1.29 is 28.2 Å². The lowest BCUT2D eigenvalue weighted by Crippen LogP contribution is -2.53. The highest BCUT2D eigenvalue weighted by Crippen LogP contribution is 2.38. The average molecular weight is 573 g/mol. The molecule has 0 heterocycles. The Hall–Kier alpha value is -2.84. The Bertz CT molecular complexity index is 1140. The van der Waals surface area contributed by atoms with Crippen LogP contribution in [0.15, 0.2) is 42.5 Å². The summed E-state index contributed by atoms with van der Waals surface area (Å²) in [6.07, 6.45) is 5.57. The summed E-state index contributed by atoms with van der Waals surface area (Å²) >= 11 is 0. The third-order valence-electron chi connectivity index (χ3n) is 8.09. The summed E-state index contributed by atoms with van der Waals surface area (Å²) in [6.45, 7) is 6.77. The second-order valence-corrected chi connectivity index (χ2v) is 12.4. The van der Waals surface area contributed by atoms with Crippen LogP contribution in [-0.2, 0) is 31.7 Å². The maximum absolute atomic E-state index is 13.9. The van der Waals surface area contributed by atoms with Crippen molar-refractivity contribution in [3.05, 3.63) is 70.8 Å². The highest BCUT2D eigenvalue weighted by atomic mass is 19.1. The maximum Gasteiger partial charge on any atom is 0.305 e. The molecule has 0 bridgehead atoms. The minimum atomic E-state index is -1.01. The molecule has 0 unspecified atom stereocenters. The Morgan fingerprint density at radius 3 is 2.29 bits per heavy atom. The second kappa shape index (κ2) is 14.9. The van der Waals surface area contributed by atoms with Crippen LogP contribution in [0.2, 0.25) is 0 Å². The van der Waals surface area contributed by atoms with E-state index in [2.05, 4.69) is 60.4 Å². The third kappa shape index (κ3) is 9.89. The fraction of sp³-hybridized carbons (Fsp3) is 0.576. The van der Waals surface area contributed by atoms with Crippen LogP contribution in [0.4, 0.5) is 8.78 Å². The summed E-state index contributed by atoms with van der Waals surface area (Å²) in [7, 11) is 1.32. The molecule has 1 aliphatic rings. The Labute approximate surface area is 243 Å². The van der Waals surface area contributed by atoms with Crippen molar-refractivity contribution in [1.29, 1.82) is 0 Å². The molecule has 2 atom stereocenters. The van der Waals surface area contributed by atoms with Crippen molar-refractivity contribution in [2.75, 3.05) is 13.7 Å². The molecule has 2 aromatic rings. The molecule has 0 aliphatic heterocycles. The Morgan fingerprint density at radius 2 is 1.66 bits per heavy atom. The molecule has 1 amide bonds. The van der Waals surface area contributed by atoms with Crippen molar-refractivity contribution in [1.82, 2.24) is 10.6 Å². The molecule has 1 aliphatic carbocycles. The molecular weight excluding hydrogens is 526 g/mol. The van der Waals surface area contributed by atoms with Gasteiger partial charge in [-0.15, -0.1) is 0 Å². The van der Waals surface area contributed by atoms with Gasteiger partial charge in [-0.3, -0.25) is 9.59 Å². The molecule has 0 aromatic heterocycles. The minimum Gasteiger partial charge on any atom is -0.469 e. The molecule has 1 fully saturated rings. The number of aliphatic hydroxyl groups is 1. The average Bonchev–Trinajstić information content (AvgIpc) is 2.93. The molecule has 41 heavy (non-hydrogen) atoms. The molecular formula is C33H46F2N2O4. The molecule has 8 heteroatoms. The summed E-state index contributed by atoms with van der Waals surface area (Å²) < 4.78 is 32.5. The van der Waals surface area contributed by atoms with Gasteiger partial charge in [0.2, 0.25) is 5.91 Å². The number of hydrogen-bond acceptors (Lipinski definition) is 5. The summed E-state index contributed by atoms with van der Waals surface area (Å²) in [5.41, 5.74) is 2.47. The third-order valence-corrected chi connectivity index (χ3v) is 8.09. The van der Waals surface area contributed by atoms with Gasteiger partial charge in [0, 0.05) is 31.0 Å². The van der Waals surface area contributed by atoms with Crippen LogP contribution in [0.5, 0.6) is 0 Å². The SMILES string of the molecule is COC(=O)CCCCC(=O)N[C@@H](Cc1cc(F)cc(F)c1)[C@@H](O)CNC1(c2cccc(C(C)(C)C)c2)CCCCC1. The van der Waals surface area contributed by atoms with Crippen molar-refractivity contribution in [2.45, 2.75) is 108 Å². The van der Waals surface area contributed by atoms with E-state index in [1.54, 1.807) is 0 Å². The second-order valence-electron chi connectivity index (χ2n) is 12.4. The van der Waals surface area contributed by atoms with E-state index in [4.69, 9.17) is 0 Å². The van der Waals surface area contributed by atoms with E-state index in [-0.39, 0.29) is 48.6 Å². The van der Waals surface area contributed by atoms with Gasteiger partial charge in [0.25, 0.3) is 0 Å². The van der Waals surface area contributed by atoms with Gasteiger partial charge in [-0.1, -0.05) is 64.3 Å². The molecule has 2 aromatic carbocycles. The number of rotatable bonds is 13. The van der Waals surface area contributed by atoms with Crippen LogP contribution in [0.1, 0.15) is 95.2 Å². The van der Waals surface area contributed by atoms with Crippen molar-refractivity contribution >= 4 is 11.9 Å². The van der Waals surface area contributed by atoms with E-state index in [9.17, 15) is 23.5 Å². The first kappa shape index (κ1) is 32.7. The Kier molecular flexibility index (Phi) is 11.9. The van der Waals surface area contributed by atoms with Crippen molar-refractivity contribution in [3.63, 3.8) is 0 Å². The van der Waals surface area contributed by atoms with Crippen LogP contribution < -0.4 is 10.6 Å². The van der Waals surface area contributed by atoms with Crippen LogP contribution >= 0.6 is 0 Å². The first-order chi connectivity index (χ1) is 19.4. The fourth-order valence-corrected chi connectivity index (χ4v) is 5.65. The molecule has 3 rings (SSSR count). The number of ether oxygens (including phenoxy) is 1. The number of methoxy groups -OCH3 is 1. The molecule has 3 N–H and O–H groups in total. The summed E-state index contributed by atoms with van der Waals surface area (Å²) in [5.74, 6) is -2.04. The van der Waals surface area contributed by atoms with Gasteiger partial charge in [0.15, 0.2) is 0 Å². The summed E-state index contributed by atoms with van der Waals surface area (Å²) in [5, 5.41) is 17.9. The molecule has 226 valence electrons. The standard InChI is InChI=1S/C33H46F2N2O4/c1-32(2,3)24-11-10-12-25(20-24)33(15-8-5-9-16-33)36-22-29(38)28(19-23-17-26(34)21-27(35)18-23)37-30(39)13-6-7-14-31(40)41-4/h10-12,17-18,20-21,28-29,36,38H,5-9,13-16,19,22H2,1-4H3,(H,37,39)/t28-,29-/m0/s1. The van der Waals surface area contributed by atoms with Gasteiger partial charge in [-0.05, 0) is 66.3 Å². The largest absolute Gasteiger partial charge is 0.469 e. The van der Waals surface area contributed by atoms with Crippen LogP contribution in [-0.4, -0.2) is 42.8 Å². The monoisotopic (exact) mass is 572 g/mol. The minimum absolute atomic E-state index is 0.00214. The lowest BCUT2D eigenvalue weighted by molar-refractivity contribution is -0.140. The zero-order valence-electron chi connectivity index (χ0n) is 24.9.